The highest BCUT2D eigenvalue weighted by Crippen LogP contribution is 2.41. The number of aliphatic hydroxyl groups excluding tert-OH is 1. The molecule has 0 radical (unpaired) electrons. The number of aromatic hydroxyl groups is 1. The van der Waals surface area contributed by atoms with Gasteiger partial charge in [0.2, 0.25) is 0 Å². The predicted molar refractivity (Wildman–Crippen MR) is 72.0 cm³/mol. The summed E-state index contributed by atoms with van der Waals surface area (Å²) in [6.07, 6.45) is 0. The SMILES string of the molecule is Cc1cc(F)cc([C@H](N2CCNCC2)C(F)(F)CO)c1O. The van der Waals surface area contributed by atoms with Crippen molar-refractivity contribution in [1.82, 2.24) is 10.2 Å². The fourth-order valence-electron chi connectivity index (χ4n) is 2.69. The molecule has 1 aliphatic rings. The summed E-state index contributed by atoms with van der Waals surface area (Å²) in [7, 11) is 0. The van der Waals surface area contributed by atoms with E-state index in [2.05, 4.69) is 5.32 Å². The first kappa shape index (κ1) is 16.1. The third-order valence-electron chi connectivity index (χ3n) is 3.72. The molecule has 0 aliphatic carbocycles. The van der Waals surface area contributed by atoms with Crippen molar-refractivity contribution in [3.05, 3.63) is 29.1 Å². The lowest BCUT2D eigenvalue weighted by atomic mass is 9.95. The highest BCUT2D eigenvalue weighted by molar-refractivity contribution is 5.43. The minimum atomic E-state index is -3.48. The summed E-state index contributed by atoms with van der Waals surface area (Å²) in [4.78, 5) is 1.46. The number of nitrogens with zero attached hydrogens (tertiary/aromatic N) is 1. The van der Waals surface area contributed by atoms with Crippen molar-refractivity contribution in [3.8, 4) is 5.75 Å². The van der Waals surface area contributed by atoms with E-state index in [1.165, 1.54) is 11.8 Å². The smallest absolute Gasteiger partial charge is 0.290 e. The molecule has 0 bridgehead atoms. The zero-order chi connectivity index (χ0) is 15.6. The molecular weight excluding hydrogens is 285 g/mol. The molecule has 2 rings (SSSR count). The number of aryl methyl sites for hydroxylation is 1. The number of rotatable bonds is 4. The fourth-order valence-corrected chi connectivity index (χ4v) is 2.69. The number of piperazine rings is 1. The molecule has 1 saturated heterocycles. The zero-order valence-electron chi connectivity index (χ0n) is 11.7. The van der Waals surface area contributed by atoms with Gasteiger partial charge in [-0.25, -0.2) is 13.2 Å². The van der Waals surface area contributed by atoms with Crippen LogP contribution >= 0.6 is 0 Å². The molecule has 1 atom stereocenters. The number of aliphatic hydroxyl groups is 1. The van der Waals surface area contributed by atoms with Gasteiger partial charge in [-0.3, -0.25) is 4.90 Å². The Bertz CT molecular complexity index is 505. The van der Waals surface area contributed by atoms with Crippen molar-refractivity contribution in [2.24, 2.45) is 0 Å². The molecule has 0 aromatic heterocycles. The predicted octanol–water partition coefficient (Wildman–Crippen LogP) is 1.41. The standard InChI is InChI=1S/C14H19F3N2O2/c1-9-6-10(15)7-11(12(9)21)13(14(16,17)8-20)19-4-2-18-3-5-19/h6-7,13,18,20-21H,2-5,8H2,1H3/t13-/m0/s1. The second-order valence-electron chi connectivity index (χ2n) is 5.27. The summed E-state index contributed by atoms with van der Waals surface area (Å²) in [5.41, 5.74) is 0.00678. The van der Waals surface area contributed by atoms with Gasteiger partial charge in [-0.1, -0.05) is 0 Å². The number of benzene rings is 1. The zero-order valence-corrected chi connectivity index (χ0v) is 11.7. The molecule has 3 N–H and O–H groups in total. The Kier molecular flexibility index (Phi) is 4.75. The topological polar surface area (TPSA) is 55.7 Å². The van der Waals surface area contributed by atoms with E-state index in [0.29, 0.717) is 26.2 Å². The molecular formula is C14H19F3N2O2. The van der Waals surface area contributed by atoms with E-state index in [-0.39, 0.29) is 16.9 Å². The molecule has 0 unspecified atom stereocenters. The molecule has 1 aliphatic heterocycles. The van der Waals surface area contributed by atoms with Crippen LogP contribution in [0.5, 0.6) is 5.75 Å². The molecule has 7 heteroatoms. The first-order valence-corrected chi connectivity index (χ1v) is 6.79. The van der Waals surface area contributed by atoms with Crippen LogP contribution in [0, 0.1) is 12.7 Å². The molecule has 21 heavy (non-hydrogen) atoms. The number of hydrogen-bond acceptors (Lipinski definition) is 4. The van der Waals surface area contributed by atoms with Crippen LogP contribution in [-0.2, 0) is 0 Å². The van der Waals surface area contributed by atoms with E-state index in [1.54, 1.807) is 0 Å². The third kappa shape index (κ3) is 3.30. The Hall–Kier alpha value is -1.31. The summed E-state index contributed by atoms with van der Waals surface area (Å²) in [6.45, 7) is 1.79. The molecule has 1 aromatic rings. The van der Waals surface area contributed by atoms with Crippen LogP contribution in [0.15, 0.2) is 12.1 Å². The second kappa shape index (κ2) is 6.21. The van der Waals surface area contributed by atoms with Gasteiger partial charge in [0.25, 0.3) is 5.92 Å². The monoisotopic (exact) mass is 304 g/mol. The summed E-state index contributed by atoms with van der Waals surface area (Å²) in [5.74, 6) is -4.52. The van der Waals surface area contributed by atoms with Crippen LogP contribution in [0.25, 0.3) is 0 Å². The normalized spacial score (nSPS) is 18.7. The van der Waals surface area contributed by atoms with Crippen molar-refractivity contribution in [2.75, 3.05) is 32.8 Å². The minimum Gasteiger partial charge on any atom is -0.507 e. The van der Waals surface area contributed by atoms with E-state index in [0.717, 1.165) is 12.1 Å². The van der Waals surface area contributed by atoms with Gasteiger partial charge in [-0.15, -0.1) is 0 Å². The van der Waals surface area contributed by atoms with Gasteiger partial charge < -0.3 is 15.5 Å². The average molecular weight is 304 g/mol. The molecule has 1 heterocycles. The van der Waals surface area contributed by atoms with Crippen LogP contribution in [0.3, 0.4) is 0 Å². The fraction of sp³-hybridized carbons (Fsp3) is 0.571. The lowest BCUT2D eigenvalue weighted by Crippen LogP contribution is -2.51. The van der Waals surface area contributed by atoms with Gasteiger partial charge in [0.1, 0.15) is 24.2 Å². The molecule has 0 spiro atoms. The van der Waals surface area contributed by atoms with Crippen LogP contribution in [0.2, 0.25) is 0 Å². The molecule has 1 aromatic carbocycles. The van der Waals surface area contributed by atoms with Gasteiger partial charge in [0.05, 0.1) is 0 Å². The molecule has 0 saturated carbocycles. The Morgan fingerprint density at radius 1 is 1.33 bits per heavy atom. The van der Waals surface area contributed by atoms with E-state index >= 15 is 0 Å². The van der Waals surface area contributed by atoms with Crippen molar-refractivity contribution in [2.45, 2.75) is 18.9 Å². The Morgan fingerprint density at radius 3 is 2.52 bits per heavy atom. The van der Waals surface area contributed by atoms with Gasteiger partial charge in [0, 0.05) is 31.7 Å². The molecule has 0 amide bonds. The Balaban J connectivity index is 2.49. The quantitative estimate of drug-likeness (QED) is 0.787. The Morgan fingerprint density at radius 2 is 1.95 bits per heavy atom. The number of halogens is 3. The maximum absolute atomic E-state index is 14.2. The number of hydrogen-bond donors (Lipinski definition) is 3. The van der Waals surface area contributed by atoms with Crippen LogP contribution in [-0.4, -0.2) is 53.8 Å². The van der Waals surface area contributed by atoms with E-state index in [9.17, 15) is 18.3 Å². The summed E-state index contributed by atoms with van der Waals surface area (Å²) >= 11 is 0. The van der Waals surface area contributed by atoms with Crippen molar-refractivity contribution in [1.29, 1.82) is 0 Å². The number of nitrogens with one attached hydrogen (secondary N) is 1. The number of alkyl halides is 2. The van der Waals surface area contributed by atoms with Gasteiger partial charge >= 0.3 is 0 Å². The van der Waals surface area contributed by atoms with E-state index < -0.39 is 24.4 Å². The van der Waals surface area contributed by atoms with Crippen LogP contribution in [0.4, 0.5) is 13.2 Å². The van der Waals surface area contributed by atoms with Crippen molar-refractivity contribution >= 4 is 0 Å². The lowest BCUT2D eigenvalue weighted by Gasteiger charge is -2.39. The summed E-state index contributed by atoms with van der Waals surface area (Å²) < 4.78 is 41.9. The van der Waals surface area contributed by atoms with Crippen molar-refractivity contribution < 1.29 is 23.4 Å². The maximum Gasteiger partial charge on any atom is 0.290 e. The van der Waals surface area contributed by atoms with E-state index in [1.807, 2.05) is 0 Å². The molecule has 4 nitrogen and oxygen atoms in total. The highest BCUT2D eigenvalue weighted by atomic mass is 19.3. The first-order chi connectivity index (χ1) is 9.86. The summed E-state index contributed by atoms with van der Waals surface area (Å²) in [6, 6.07) is 0.447. The molecule has 1 fully saturated rings. The van der Waals surface area contributed by atoms with E-state index in [4.69, 9.17) is 5.11 Å². The first-order valence-electron chi connectivity index (χ1n) is 6.79. The van der Waals surface area contributed by atoms with Gasteiger partial charge in [-0.2, -0.15) is 0 Å². The third-order valence-corrected chi connectivity index (χ3v) is 3.72. The summed E-state index contributed by atoms with van der Waals surface area (Å²) in [5, 5.41) is 22.1. The van der Waals surface area contributed by atoms with Crippen LogP contribution < -0.4 is 5.32 Å². The minimum absolute atomic E-state index is 0.187. The number of phenolic OH excluding ortho intramolecular Hbond substituents is 1. The second-order valence-corrected chi connectivity index (χ2v) is 5.27. The van der Waals surface area contributed by atoms with Crippen LogP contribution in [0.1, 0.15) is 17.2 Å². The Labute approximate surface area is 121 Å². The number of phenols is 1. The average Bonchev–Trinajstić information content (AvgIpc) is 2.45. The van der Waals surface area contributed by atoms with Gasteiger partial charge in [-0.05, 0) is 24.6 Å². The van der Waals surface area contributed by atoms with Crippen molar-refractivity contribution in [3.63, 3.8) is 0 Å². The highest BCUT2D eigenvalue weighted by Gasteiger charge is 2.45. The lowest BCUT2D eigenvalue weighted by molar-refractivity contribution is -0.119. The largest absolute Gasteiger partial charge is 0.507 e. The molecule has 118 valence electrons. The van der Waals surface area contributed by atoms with Gasteiger partial charge in [0.15, 0.2) is 0 Å². The maximum atomic E-state index is 14.2.